The van der Waals surface area contributed by atoms with E-state index in [9.17, 15) is 14.0 Å². The first-order valence-electron chi connectivity index (χ1n) is 7.51. The van der Waals surface area contributed by atoms with Gasteiger partial charge >= 0.3 is 0 Å². The summed E-state index contributed by atoms with van der Waals surface area (Å²) in [6.45, 7) is 3.76. The molecule has 2 amide bonds. The van der Waals surface area contributed by atoms with Gasteiger partial charge in [-0.3, -0.25) is 9.59 Å². The Morgan fingerprint density at radius 3 is 2.50 bits per heavy atom. The minimum Gasteiger partial charge on any atom is -0.343 e. The molecule has 0 fully saturated rings. The number of hydrogen-bond donors (Lipinski definition) is 2. The first-order valence-corrected chi connectivity index (χ1v) is 7.89. The van der Waals surface area contributed by atoms with Crippen LogP contribution in [-0.4, -0.2) is 18.4 Å². The average Bonchev–Trinajstić information content (AvgIpc) is 2.53. The molecule has 2 aromatic carbocycles. The number of benzene rings is 2. The van der Waals surface area contributed by atoms with Crippen molar-refractivity contribution in [3.63, 3.8) is 0 Å². The maximum absolute atomic E-state index is 13.7. The zero-order valence-electron chi connectivity index (χ0n) is 13.4. The highest BCUT2D eigenvalue weighted by Gasteiger charge is 2.17. The number of hydrogen-bond acceptors (Lipinski definition) is 2. The number of anilines is 1. The lowest BCUT2D eigenvalue weighted by molar-refractivity contribution is -0.115. The molecule has 0 aromatic heterocycles. The van der Waals surface area contributed by atoms with Gasteiger partial charge in [0.05, 0.1) is 17.1 Å². The van der Waals surface area contributed by atoms with Gasteiger partial charge < -0.3 is 10.6 Å². The SMILES string of the molecule is CC(C)c1ccccc1NC(=O)CNC(=O)c1c(F)cccc1Cl. The van der Waals surface area contributed by atoms with Gasteiger partial charge in [-0.2, -0.15) is 0 Å². The Hall–Kier alpha value is -2.40. The molecule has 0 radical (unpaired) electrons. The lowest BCUT2D eigenvalue weighted by Gasteiger charge is -2.14. The Bertz CT molecular complexity index is 742. The predicted molar refractivity (Wildman–Crippen MR) is 92.9 cm³/mol. The van der Waals surface area contributed by atoms with Crippen molar-refractivity contribution < 1.29 is 14.0 Å². The summed E-state index contributed by atoms with van der Waals surface area (Å²) in [5.74, 6) is -1.62. The smallest absolute Gasteiger partial charge is 0.256 e. The number of carbonyl (C=O) groups excluding carboxylic acids is 2. The van der Waals surface area contributed by atoms with Crippen LogP contribution in [0.3, 0.4) is 0 Å². The van der Waals surface area contributed by atoms with Crippen LogP contribution in [0.2, 0.25) is 5.02 Å². The maximum atomic E-state index is 13.7. The molecule has 0 spiro atoms. The quantitative estimate of drug-likeness (QED) is 0.859. The number of nitrogens with one attached hydrogen (secondary N) is 2. The minimum atomic E-state index is -0.731. The lowest BCUT2D eigenvalue weighted by Crippen LogP contribution is -2.33. The molecule has 0 aliphatic rings. The number of rotatable bonds is 5. The Morgan fingerprint density at radius 2 is 1.83 bits per heavy atom. The summed E-state index contributed by atoms with van der Waals surface area (Å²) in [5.41, 5.74) is 1.42. The average molecular weight is 349 g/mol. The highest BCUT2D eigenvalue weighted by atomic mass is 35.5. The third-order valence-electron chi connectivity index (χ3n) is 3.46. The minimum absolute atomic E-state index is 0.00179. The second-order valence-electron chi connectivity index (χ2n) is 5.57. The van der Waals surface area contributed by atoms with Crippen LogP contribution in [-0.2, 0) is 4.79 Å². The summed E-state index contributed by atoms with van der Waals surface area (Å²) in [4.78, 5) is 24.0. The van der Waals surface area contributed by atoms with E-state index in [1.54, 1.807) is 6.07 Å². The molecular formula is C18H18ClFN2O2. The van der Waals surface area contributed by atoms with Crippen molar-refractivity contribution in [1.29, 1.82) is 0 Å². The van der Waals surface area contributed by atoms with Crippen molar-refractivity contribution in [2.45, 2.75) is 19.8 Å². The van der Waals surface area contributed by atoms with Crippen molar-refractivity contribution in [1.82, 2.24) is 5.32 Å². The first-order chi connectivity index (χ1) is 11.4. The van der Waals surface area contributed by atoms with Crippen LogP contribution in [0.15, 0.2) is 42.5 Å². The number of para-hydroxylation sites is 1. The highest BCUT2D eigenvalue weighted by Crippen LogP contribution is 2.23. The van der Waals surface area contributed by atoms with E-state index in [1.807, 2.05) is 32.0 Å². The summed E-state index contributed by atoms with van der Waals surface area (Å²) in [6.07, 6.45) is 0. The molecule has 2 N–H and O–H groups in total. The monoisotopic (exact) mass is 348 g/mol. The summed E-state index contributed by atoms with van der Waals surface area (Å²) < 4.78 is 13.7. The molecule has 0 saturated carbocycles. The lowest BCUT2D eigenvalue weighted by atomic mass is 10.0. The Balaban J connectivity index is 2.00. The van der Waals surface area contributed by atoms with Gasteiger partial charge in [0.15, 0.2) is 0 Å². The van der Waals surface area contributed by atoms with E-state index in [2.05, 4.69) is 10.6 Å². The topological polar surface area (TPSA) is 58.2 Å². The Kier molecular flexibility index (Phi) is 5.93. The Morgan fingerprint density at radius 1 is 1.12 bits per heavy atom. The zero-order valence-corrected chi connectivity index (χ0v) is 14.2. The predicted octanol–water partition coefficient (Wildman–Crippen LogP) is 3.97. The third-order valence-corrected chi connectivity index (χ3v) is 3.77. The van der Waals surface area contributed by atoms with Gasteiger partial charge in [0, 0.05) is 5.69 Å². The molecule has 0 atom stereocenters. The Labute approximate surface area is 145 Å². The van der Waals surface area contributed by atoms with Gasteiger partial charge in [-0.1, -0.05) is 49.7 Å². The summed E-state index contributed by atoms with van der Waals surface area (Å²) >= 11 is 5.82. The second-order valence-corrected chi connectivity index (χ2v) is 5.98. The molecule has 0 aliphatic heterocycles. The van der Waals surface area contributed by atoms with Crippen LogP contribution in [0.25, 0.3) is 0 Å². The number of halogens is 2. The molecular weight excluding hydrogens is 331 g/mol. The molecule has 0 saturated heterocycles. The molecule has 0 aliphatic carbocycles. The summed E-state index contributed by atoms with van der Waals surface area (Å²) in [5, 5.41) is 5.12. The fourth-order valence-electron chi connectivity index (χ4n) is 2.27. The van der Waals surface area contributed by atoms with Gasteiger partial charge in [0.2, 0.25) is 5.91 Å². The van der Waals surface area contributed by atoms with Crippen LogP contribution in [0, 0.1) is 5.82 Å². The van der Waals surface area contributed by atoms with Gasteiger partial charge in [0.25, 0.3) is 5.91 Å². The van der Waals surface area contributed by atoms with Crippen LogP contribution in [0.1, 0.15) is 35.7 Å². The van der Waals surface area contributed by atoms with Crippen molar-refractivity contribution in [3.8, 4) is 0 Å². The molecule has 24 heavy (non-hydrogen) atoms. The molecule has 0 bridgehead atoms. The standard InChI is InChI=1S/C18H18ClFN2O2/c1-11(2)12-6-3-4-9-15(12)22-16(23)10-21-18(24)17-13(19)7-5-8-14(17)20/h3-9,11H,10H2,1-2H3,(H,21,24)(H,22,23). The van der Waals surface area contributed by atoms with E-state index >= 15 is 0 Å². The van der Waals surface area contributed by atoms with Crippen molar-refractivity contribution >= 4 is 29.1 Å². The third kappa shape index (κ3) is 4.32. The van der Waals surface area contributed by atoms with E-state index in [1.165, 1.54) is 12.1 Å². The van der Waals surface area contributed by atoms with E-state index in [4.69, 9.17) is 11.6 Å². The fourth-order valence-corrected chi connectivity index (χ4v) is 2.52. The van der Waals surface area contributed by atoms with Crippen LogP contribution >= 0.6 is 11.6 Å². The second kappa shape index (κ2) is 7.93. The molecule has 0 unspecified atom stereocenters. The molecule has 6 heteroatoms. The van der Waals surface area contributed by atoms with E-state index in [0.29, 0.717) is 5.69 Å². The van der Waals surface area contributed by atoms with Crippen molar-refractivity contribution in [2.24, 2.45) is 0 Å². The van der Waals surface area contributed by atoms with Gasteiger partial charge in [-0.05, 0) is 29.7 Å². The van der Waals surface area contributed by atoms with Crippen molar-refractivity contribution in [2.75, 3.05) is 11.9 Å². The highest BCUT2D eigenvalue weighted by molar-refractivity contribution is 6.33. The zero-order chi connectivity index (χ0) is 17.7. The number of carbonyl (C=O) groups is 2. The summed E-state index contributed by atoms with van der Waals surface area (Å²) in [6, 6.07) is 11.4. The van der Waals surface area contributed by atoms with E-state index in [-0.39, 0.29) is 23.0 Å². The first kappa shape index (κ1) is 17.9. The van der Waals surface area contributed by atoms with Gasteiger partial charge in [-0.15, -0.1) is 0 Å². The maximum Gasteiger partial charge on any atom is 0.256 e. The van der Waals surface area contributed by atoms with Gasteiger partial charge in [-0.25, -0.2) is 4.39 Å². The van der Waals surface area contributed by atoms with Crippen LogP contribution in [0.4, 0.5) is 10.1 Å². The largest absolute Gasteiger partial charge is 0.343 e. The van der Waals surface area contributed by atoms with Gasteiger partial charge in [0.1, 0.15) is 5.82 Å². The molecule has 2 aromatic rings. The number of amides is 2. The van der Waals surface area contributed by atoms with Crippen LogP contribution in [0.5, 0.6) is 0 Å². The summed E-state index contributed by atoms with van der Waals surface area (Å²) in [7, 11) is 0. The van der Waals surface area contributed by atoms with Crippen LogP contribution < -0.4 is 10.6 Å². The van der Waals surface area contributed by atoms with Crippen molar-refractivity contribution in [3.05, 3.63) is 64.4 Å². The van der Waals surface area contributed by atoms with E-state index in [0.717, 1.165) is 11.6 Å². The molecule has 0 heterocycles. The molecule has 2 rings (SSSR count). The van der Waals surface area contributed by atoms with E-state index < -0.39 is 17.6 Å². The molecule has 126 valence electrons. The molecule has 4 nitrogen and oxygen atoms in total. The fraction of sp³-hybridized carbons (Fsp3) is 0.222. The normalized spacial score (nSPS) is 10.5.